The van der Waals surface area contributed by atoms with Crippen molar-refractivity contribution in [1.29, 1.82) is 0 Å². The van der Waals surface area contributed by atoms with E-state index in [-0.39, 0.29) is 11.8 Å². The average Bonchev–Trinajstić information content (AvgIpc) is 2.46. The van der Waals surface area contributed by atoms with Gasteiger partial charge in [-0.1, -0.05) is 18.0 Å². The SMILES string of the molecule is NC1C2CCCC1CC(C(=O)NCc1ccc(Cl)cn1)C2. The number of hydrogen-bond acceptors (Lipinski definition) is 3. The Morgan fingerprint density at radius 3 is 2.67 bits per heavy atom. The Morgan fingerprint density at radius 1 is 1.33 bits per heavy atom. The van der Waals surface area contributed by atoms with Crippen LogP contribution in [0.4, 0.5) is 0 Å². The summed E-state index contributed by atoms with van der Waals surface area (Å²) in [5, 5.41) is 3.62. The maximum absolute atomic E-state index is 12.4. The zero-order valence-corrected chi connectivity index (χ0v) is 12.9. The maximum Gasteiger partial charge on any atom is 0.223 e. The Kier molecular flexibility index (Phi) is 4.45. The molecular formula is C16H22ClN3O. The molecule has 2 atom stereocenters. The summed E-state index contributed by atoms with van der Waals surface area (Å²) >= 11 is 5.80. The fourth-order valence-electron chi connectivity index (χ4n) is 3.84. The van der Waals surface area contributed by atoms with Crippen LogP contribution < -0.4 is 11.1 Å². The van der Waals surface area contributed by atoms with E-state index in [0.29, 0.717) is 29.4 Å². The van der Waals surface area contributed by atoms with Crippen LogP contribution in [0.1, 0.15) is 37.8 Å². The Bertz CT molecular complexity index is 491. The molecule has 0 spiro atoms. The van der Waals surface area contributed by atoms with Gasteiger partial charge in [-0.2, -0.15) is 0 Å². The fraction of sp³-hybridized carbons (Fsp3) is 0.625. The summed E-state index contributed by atoms with van der Waals surface area (Å²) in [5.74, 6) is 1.33. The van der Waals surface area contributed by atoms with E-state index in [4.69, 9.17) is 17.3 Å². The first kappa shape index (κ1) is 14.8. The summed E-state index contributed by atoms with van der Waals surface area (Å²) in [7, 11) is 0. The molecule has 3 N–H and O–H groups in total. The molecule has 3 rings (SSSR count). The van der Waals surface area contributed by atoms with Gasteiger partial charge in [0, 0.05) is 18.2 Å². The van der Waals surface area contributed by atoms with E-state index >= 15 is 0 Å². The lowest BCUT2D eigenvalue weighted by atomic mass is 9.65. The number of amides is 1. The molecule has 5 heteroatoms. The van der Waals surface area contributed by atoms with Crippen LogP contribution >= 0.6 is 11.6 Å². The predicted molar refractivity (Wildman–Crippen MR) is 82.6 cm³/mol. The Morgan fingerprint density at radius 2 is 2.05 bits per heavy atom. The monoisotopic (exact) mass is 307 g/mol. The van der Waals surface area contributed by atoms with Gasteiger partial charge in [0.1, 0.15) is 0 Å². The van der Waals surface area contributed by atoms with Crippen molar-refractivity contribution in [2.24, 2.45) is 23.5 Å². The van der Waals surface area contributed by atoms with Gasteiger partial charge in [0.25, 0.3) is 0 Å². The molecular weight excluding hydrogens is 286 g/mol. The van der Waals surface area contributed by atoms with Crippen molar-refractivity contribution in [3.05, 3.63) is 29.0 Å². The third-order valence-corrected chi connectivity index (χ3v) is 5.24. The van der Waals surface area contributed by atoms with Crippen molar-refractivity contribution >= 4 is 17.5 Å². The van der Waals surface area contributed by atoms with Crippen LogP contribution in [-0.2, 0) is 11.3 Å². The molecule has 2 saturated carbocycles. The van der Waals surface area contributed by atoms with Crippen LogP contribution in [0, 0.1) is 17.8 Å². The van der Waals surface area contributed by atoms with Gasteiger partial charge in [0.15, 0.2) is 0 Å². The van der Waals surface area contributed by atoms with Crippen molar-refractivity contribution < 1.29 is 4.79 Å². The van der Waals surface area contributed by atoms with Crippen LogP contribution in [0.2, 0.25) is 5.02 Å². The van der Waals surface area contributed by atoms with E-state index in [0.717, 1.165) is 18.5 Å². The van der Waals surface area contributed by atoms with Crippen LogP contribution in [-0.4, -0.2) is 16.9 Å². The lowest BCUT2D eigenvalue weighted by Crippen LogP contribution is -2.49. The summed E-state index contributed by atoms with van der Waals surface area (Å²) in [6.07, 6.45) is 7.12. The lowest BCUT2D eigenvalue weighted by Gasteiger charge is -2.43. The van der Waals surface area contributed by atoms with Gasteiger partial charge in [-0.15, -0.1) is 0 Å². The van der Waals surface area contributed by atoms with Gasteiger partial charge in [-0.05, 0) is 49.7 Å². The fourth-order valence-corrected chi connectivity index (χ4v) is 3.95. The van der Waals surface area contributed by atoms with E-state index in [1.807, 2.05) is 6.07 Å². The minimum atomic E-state index is 0.118. The van der Waals surface area contributed by atoms with Gasteiger partial charge >= 0.3 is 0 Å². The smallest absolute Gasteiger partial charge is 0.223 e. The number of hydrogen-bond donors (Lipinski definition) is 2. The van der Waals surface area contributed by atoms with Gasteiger partial charge < -0.3 is 11.1 Å². The second-order valence-electron chi connectivity index (χ2n) is 6.38. The molecule has 1 amide bonds. The van der Waals surface area contributed by atoms with Gasteiger partial charge in [-0.3, -0.25) is 9.78 Å². The van der Waals surface area contributed by atoms with E-state index in [2.05, 4.69) is 10.3 Å². The molecule has 2 aliphatic rings. The highest BCUT2D eigenvalue weighted by molar-refractivity contribution is 6.30. The average molecular weight is 308 g/mol. The number of rotatable bonds is 3. The molecule has 0 aromatic carbocycles. The zero-order valence-electron chi connectivity index (χ0n) is 12.1. The standard InChI is InChI=1S/C16H22ClN3O/c17-13-4-5-14(19-8-13)9-20-16(21)12-6-10-2-1-3-11(7-12)15(10)18/h4-5,8,10-12,15H,1-3,6-7,9,18H2,(H,20,21). The topological polar surface area (TPSA) is 68.0 Å². The molecule has 2 bridgehead atoms. The molecule has 2 unspecified atom stereocenters. The number of pyridine rings is 1. The van der Waals surface area contributed by atoms with Crippen LogP contribution in [0.25, 0.3) is 0 Å². The molecule has 4 nitrogen and oxygen atoms in total. The van der Waals surface area contributed by atoms with Gasteiger partial charge in [0.2, 0.25) is 5.91 Å². The molecule has 1 heterocycles. The van der Waals surface area contributed by atoms with Crippen LogP contribution in [0.5, 0.6) is 0 Å². The quantitative estimate of drug-likeness (QED) is 0.901. The number of halogens is 1. The highest BCUT2D eigenvalue weighted by Crippen LogP contribution is 2.41. The van der Waals surface area contributed by atoms with Crippen LogP contribution in [0.15, 0.2) is 18.3 Å². The van der Waals surface area contributed by atoms with E-state index in [1.54, 1.807) is 12.3 Å². The van der Waals surface area contributed by atoms with Gasteiger partial charge in [0.05, 0.1) is 17.3 Å². The zero-order chi connectivity index (χ0) is 14.8. The van der Waals surface area contributed by atoms with E-state index in [9.17, 15) is 4.79 Å². The summed E-state index contributed by atoms with van der Waals surface area (Å²) in [6.45, 7) is 0.466. The largest absolute Gasteiger partial charge is 0.350 e. The molecule has 0 aliphatic heterocycles. The second kappa shape index (κ2) is 6.32. The number of nitrogens with one attached hydrogen (secondary N) is 1. The Balaban J connectivity index is 1.55. The normalized spacial score (nSPS) is 31.7. The lowest BCUT2D eigenvalue weighted by molar-refractivity contribution is -0.128. The van der Waals surface area contributed by atoms with Gasteiger partial charge in [-0.25, -0.2) is 0 Å². The highest BCUT2D eigenvalue weighted by Gasteiger charge is 2.40. The number of nitrogens with two attached hydrogens (primary N) is 1. The minimum absolute atomic E-state index is 0.118. The molecule has 1 aromatic heterocycles. The number of nitrogens with zero attached hydrogens (tertiary/aromatic N) is 1. The van der Waals surface area contributed by atoms with Crippen molar-refractivity contribution in [3.63, 3.8) is 0 Å². The number of aromatic nitrogens is 1. The highest BCUT2D eigenvalue weighted by atomic mass is 35.5. The number of carbonyl (C=O) groups excluding carboxylic acids is 1. The van der Waals surface area contributed by atoms with Crippen LogP contribution in [0.3, 0.4) is 0 Å². The third kappa shape index (κ3) is 3.38. The van der Waals surface area contributed by atoms with Crippen molar-refractivity contribution in [3.8, 4) is 0 Å². The van der Waals surface area contributed by atoms with E-state index < -0.39 is 0 Å². The molecule has 2 aliphatic carbocycles. The third-order valence-electron chi connectivity index (χ3n) is 5.02. The van der Waals surface area contributed by atoms with E-state index in [1.165, 1.54) is 19.3 Å². The first-order valence-corrected chi connectivity index (χ1v) is 8.15. The first-order valence-electron chi connectivity index (χ1n) is 7.77. The first-order chi connectivity index (χ1) is 10.1. The molecule has 0 radical (unpaired) electrons. The predicted octanol–water partition coefficient (Wildman–Crippen LogP) is 2.50. The number of fused-ring (bicyclic) bond motifs is 2. The second-order valence-corrected chi connectivity index (χ2v) is 6.82. The van der Waals surface area contributed by atoms with Crippen molar-refractivity contribution in [2.75, 3.05) is 0 Å². The minimum Gasteiger partial charge on any atom is -0.350 e. The summed E-state index contributed by atoms with van der Waals surface area (Å²) in [6, 6.07) is 3.94. The number of carbonyl (C=O) groups is 1. The Labute approximate surface area is 130 Å². The Hall–Kier alpha value is -1.13. The summed E-state index contributed by atoms with van der Waals surface area (Å²) in [4.78, 5) is 16.6. The molecule has 21 heavy (non-hydrogen) atoms. The van der Waals surface area contributed by atoms with Crippen molar-refractivity contribution in [1.82, 2.24) is 10.3 Å². The molecule has 2 fully saturated rings. The molecule has 1 aromatic rings. The summed E-state index contributed by atoms with van der Waals surface area (Å²) < 4.78 is 0. The molecule has 0 saturated heterocycles. The van der Waals surface area contributed by atoms with Crippen molar-refractivity contribution in [2.45, 2.75) is 44.7 Å². The summed E-state index contributed by atoms with van der Waals surface area (Å²) in [5.41, 5.74) is 7.11. The maximum atomic E-state index is 12.4. The molecule has 114 valence electrons.